The molecule has 131 heavy (non-hydrogen) atoms. The number of furan rings is 3. The van der Waals surface area contributed by atoms with E-state index in [2.05, 4.69) is 461 Å². The summed E-state index contributed by atoms with van der Waals surface area (Å²) in [4.78, 5) is 0. The zero-order chi connectivity index (χ0) is 86.1. The Morgan fingerprint density at radius 3 is 0.695 bits per heavy atom. The van der Waals surface area contributed by atoms with E-state index in [1.807, 2.05) is 12.1 Å². The van der Waals surface area contributed by atoms with Crippen molar-refractivity contribution >= 4 is 184 Å². The van der Waals surface area contributed by atoms with E-state index in [4.69, 9.17) is 13.3 Å². The molecule has 0 atom stereocenters. The predicted octanol–water partition coefficient (Wildman–Crippen LogP) is 36.8. The predicted molar refractivity (Wildman–Crippen MR) is 557 cm³/mol. The fourth-order valence-corrected chi connectivity index (χ4v) is 21.4. The molecule has 3 aromatic heterocycles. The van der Waals surface area contributed by atoms with Gasteiger partial charge in [0.15, 0.2) is 0 Å². The second-order valence-corrected chi connectivity index (χ2v) is 34.6. The second-order valence-electron chi connectivity index (χ2n) is 34.6. The zero-order valence-electron chi connectivity index (χ0n) is 71.3. The fraction of sp³-hybridized carbons (Fsp3) is 0. The van der Waals surface area contributed by atoms with Crippen molar-refractivity contribution in [2.75, 3.05) is 0 Å². The molecule has 0 aliphatic carbocycles. The molecule has 0 spiro atoms. The van der Waals surface area contributed by atoms with Crippen LogP contribution in [0.25, 0.3) is 273 Å². The molecule has 0 unspecified atom stereocenters. The van der Waals surface area contributed by atoms with Gasteiger partial charge in [-0.05, 0) is 274 Å². The van der Waals surface area contributed by atoms with Crippen LogP contribution in [0, 0.1) is 0 Å². The Morgan fingerprint density at radius 2 is 0.321 bits per heavy atom. The molecule has 0 aliphatic heterocycles. The number of hydrogen-bond acceptors (Lipinski definition) is 3. The number of hydrogen-bond donors (Lipinski definition) is 0. The van der Waals surface area contributed by atoms with Crippen LogP contribution in [0.15, 0.2) is 486 Å². The molecule has 608 valence electrons. The van der Waals surface area contributed by atoms with E-state index >= 15 is 0 Å². The van der Waals surface area contributed by atoms with Crippen molar-refractivity contribution in [3.8, 4) is 89.0 Å². The van der Waals surface area contributed by atoms with Crippen molar-refractivity contribution in [3.63, 3.8) is 0 Å². The normalized spacial score (nSPS) is 11.8. The highest BCUT2D eigenvalue weighted by atomic mass is 16.3. The average molecular weight is 1660 g/mol. The molecule has 28 aromatic rings. The summed E-state index contributed by atoms with van der Waals surface area (Å²) >= 11 is 0. The van der Waals surface area contributed by atoms with Crippen LogP contribution in [-0.2, 0) is 0 Å². The monoisotopic (exact) mass is 1660 g/mol. The van der Waals surface area contributed by atoms with Crippen LogP contribution in [0.3, 0.4) is 0 Å². The first kappa shape index (κ1) is 75.1. The molecular weight excluding hydrogens is 1590 g/mol. The Kier molecular flexibility index (Phi) is 17.7. The van der Waals surface area contributed by atoms with E-state index < -0.39 is 0 Å². The van der Waals surface area contributed by atoms with E-state index in [0.29, 0.717) is 0 Å². The molecule has 25 aromatic carbocycles. The molecule has 0 N–H and O–H groups in total. The van der Waals surface area contributed by atoms with E-state index in [0.717, 1.165) is 65.8 Å². The third kappa shape index (κ3) is 12.6. The minimum absolute atomic E-state index is 0.917. The molecule has 0 fully saturated rings. The summed E-state index contributed by atoms with van der Waals surface area (Å²) in [7, 11) is 0. The third-order valence-corrected chi connectivity index (χ3v) is 27.3. The van der Waals surface area contributed by atoms with Gasteiger partial charge in [0.25, 0.3) is 0 Å². The van der Waals surface area contributed by atoms with E-state index in [-0.39, 0.29) is 0 Å². The van der Waals surface area contributed by atoms with Crippen LogP contribution in [-0.4, -0.2) is 0 Å². The van der Waals surface area contributed by atoms with Crippen LogP contribution in [0.5, 0.6) is 0 Å². The van der Waals surface area contributed by atoms with Crippen molar-refractivity contribution in [2.45, 2.75) is 0 Å². The highest BCUT2D eigenvalue weighted by Crippen LogP contribution is 2.51. The lowest BCUT2D eigenvalue weighted by atomic mass is 9.84. The van der Waals surface area contributed by atoms with E-state index in [1.54, 1.807) is 0 Å². The molecule has 3 nitrogen and oxygen atoms in total. The quantitative estimate of drug-likeness (QED) is 0.142. The summed E-state index contributed by atoms with van der Waals surface area (Å²) in [6.07, 6.45) is 0. The molecular formula is C128H78O3. The highest BCUT2D eigenvalue weighted by molar-refractivity contribution is 6.28. The smallest absolute Gasteiger partial charge is 0.136 e. The highest BCUT2D eigenvalue weighted by Gasteiger charge is 2.25. The molecule has 28 rings (SSSR count). The first-order valence-electron chi connectivity index (χ1n) is 45.1. The van der Waals surface area contributed by atoms with Crippen LogP contribution >= 0.6 is 0 Å². The van der Waals surface area contributed by atoms with Crippen molar-refractivity contribution in [2.24, 2.45) is 0 Å². The zero-order valence-corrected chi connectivity index (χ0v) is 71.3. The standard InChI is InChI=1S/C46H28O.C42H26O.C40H24O/c1-2-12-33-28-44-42(26-32(33)11-1)41-27-34(24-25-43(41)47-44)29-20-22-31(23-21-29)45-37-15-5-7-17-39(37)46(40-18-8-6-16-38(40)45)36-19-9-13-30-10-3-4-14-35(30)36;1-2-12-31-27(10-1)11-9-18-32(31)28-20-22-29(23-21-28)41-34-14-3-5-16-36(34)42(37-17-6-4-15-35(37)41)30-24-25-40-38(26-30)33-13-7-8-19-39(33)43-40;1-2-12-27-24-38-36(22-26(27)11-1)35-23-28(20-21-37(35)41-38)39-31-15-5-7-17-33(31)40(34-18-8-6-16-32(34)39)30-19-9-13-25-10-3-4-14-29(25)30/h1-28H;1-26H;1-24H. The average Bonchev–Trinajstić information content (AvgIpc) is 1.72. The van der Waals surface area contributed by atoms with Crippen molar-refractivity contribution in [1.29, 1.82) is 0 Å². The molecule has 0 saturated heterocycles. The number of benzene rings is 25. The van der Waals surface area contributed by atoms with Gasteiger partial charge in [0.05, 0.1) is 0 Å². The van der Waals surface area contributed by atoms with Gasteiger partial charge in [-0.1, -0.05) is 406 Å². The van der Waals surface area contributed by atoms with Crippen LogP contribution in [0.4, 0.5) is 0 Å². The molecule has 0 saturated carbocycles. The Labute approximate surface area is 754 Å². The van der Waals surface area contributed by atoms with E-state index in [1.165, 1.54) is 208 Å². The first-order chi connectivity index (χ1) is 65.0. The van der Waals surface area contributed by atoms with Gasteiger partial charge in [-0.25, -0.2) is 0 Å². The topological polar surface area (TPSA) is 39.4 Å². The molecule has 0 aliphatic rings. The molecule has 0 bridgehead atoms. The van der Waals surface area contributed by atoms with Gasteiger partial charge in [-0.2, -0.15) is 0 Å². The molecule has 3 heterocycles. The number of rotatable bonds is 8. The maximum Gasteiger partial charge on any atom is 0.136 e. The Bertz CT molecular complexity index is 9370. The van der Waals surface area contributed by atoms with Crippen molar-refractivity contribution < 1.29 is 13.3 Å². The summed E-state index contributed by atoms with van der Waals surface area (Å²) in [5.41, 5.74) is 25.4. The summed E-state index contributed by atoms with van der Waals surface area (Å²) in [6.45, 7) is 0. The lowest BCUT2D eigenvalue weighted by Gasteiger charge is -2.19. The summed E-state index contributed by atoms with van der Waals surface area (Å²) in [5, 5.41) is 34.5. The van der Waals surface area contributed by atoms with Crippen LogP contribution in [0.2, 0.25) is 0 Å². The van der Waals surface area contributed by atoms with E-state index in [9.17, 15) is 0 Å². The lowest BCUT2D eigenvalue weighted by molar-refractivity contribution is 0.668. The fourth-order valence-electron chi connectivity index (χ4n) is 21.4. The van der Waals surface area contributed by atoms with Gasteiger partial charge < -0.3 is 13.3 Å². The van der Waals surface area contributed by atoms with Gasteiger partial charge in [-0.15, -0.1) is 0 Å². The second kappa shape index (κ2) is 30.8. The Balaban J connectivity index is 0.000000103. The first-order valence-corrected chi connectivity index (χ1v) is 45.1. The van der Waals surface area contributed by atoms with Gasteiger partial charge >= 0.3 is 0 Å². The molecule has 0 radical (unpaired) electrons. The molecule has 0 amide bonds. The van der Waals surface area contributed by atoms with Crippen LogP contribution in [0.1, 0.15) is 0 Å². The summed E-state index contributed by atoms with van der Waals surface area (Å²) < 4.78 is 18.8. The van der Waals surface area contributed by atoms with Gasteiger partial charge in [0.1, 0.15) is 33.5 Å². The Morgan fingerprint density at radius 1 is 0.0992 bits per heavy atom. The summed E-state index contributed by atoms with van der Waals surface area (Å²) in [5.74, 6) is 0. The maximum atomic E-state index is 6.34. The number of fused-ring (bicyclic) bond motifs is 20. The van der Waals surface area contributed by atoms with Crippen molar-refractivity contribution in [1.82, 2.24) is 0 Å². The van der Waals surface area contributed by atoms with Crippen LogP contribution < -0.4 is 0 Å². The summed E-state index contributed by atoms with van der Waals surface area (Å²) in [6, 6.07) is 171. The third-order valence-electron chi connectivity index (χ3n) is 27.3. The Hall–Kier alpha value is -17.2. The van der Waals surface area contributed by atoms with Gasteiger partial charge in [0.2, 0.25) is 0 Å². The van der Waals surface area contributed by atoms with Gasteiger partial charge in [-0.3, -0.25) is 0 Å². The SMILES string of the molecule is c1ccc2c(-c3ccc(-c4c5ccccc5c(-c5ccc6oc7ccccc7c6c5)c5ccccc45)cc3)cccc2c1.c1ccc2cc3c(cc2c1)oc1ccc(-c2c4ccccc4c(-c4cccc5ccccc45)c4ccccc24)cc13.c1ccc2cc3c(cc2c1)oc1ccc(-c2ccc(-c4c5ccccc5c(-c5cccc6ccccc56)c5ccccc45)cc2)cc13. The minimum Gasteiger partial charge on any atom is -0.456 e. The lowest BCUT2D eigenvalue weighted by Crippen LogP contribution is -1.91. The molecule has 3 heteroatoms. The van der Waals surface area contributed by atoms with Gasteiger partial charge in [0, 0.05) is 32.3 Å². The van der Waals surface area contributed by atoms with Crippen molar-refractivity contribution in [3.05, 3.63) is 473 Å². The largest absolute Gasteiger partial charge is 0.456 e. The minimum atomic E-state index is 0.917. The maximum absolute atomic E-state index is 6.34. The number of para-hydroxylation sites is 1.